The fourth-order valence-corrected chi connectivity index (χ4v) is 2.93. The Hall–Kier alpha value is -0.0900. The molecule has 0 amide bonds. The summed E-state index contributed by atoms with van der Waals surface area (Å²) < 4.78 is 11.0. The first-order chi connectivity index (χ1) is 6.97. The average molecular weight is 279 g/mol. The Morgan fingerprint density at radius 3 is 2.47 bits per heavy atom. The van der Waals surface area contributed by atoms with E-state index in [2.05, 4.69) is 36.7 Å². The Bertz CT molecular complexity index is 232. The van der Waals surface area contributed by atoms with Crippen LogP contribution in [0.3, 0.4) is 0 Å². The van der Waals surface area contributed by atoms with Crippen molar-refractivity contribution in [2.45, 2.75) is 51.3 Å². The number of ether oxygens (including phenoxy) is 2. The quantitative estimate of drug-likeness (QED) is 0.576. The summed E-state index contributed by atoms with van der Waals surface area (Å²) in [6.07, 6.45) is 1.05. The topological polar surface area (TPSA) is 35.5 Å². The molecular formula is C11H19BrO3. The van der Waals surface area contributed by atoms with E-state index in [1.54, 1.807) is 0 Å². The summed E-state index contributed by atoms with van der Waals surface area (Å²) in [5.74, 6) is 0.479. The first-order valence-electron chi connectivity index (χ1n) is 5.44. The van der Waals surface area contributed by atoms with Gasteiger partial charge < -0.3 is 9.47 Å². The van der Waals surface area contributed by atoms with E-state index in [0.29, 0.717) is 11.8 Å². The lowest BCUT2D eigenvalue weighted by Gasteiger charge is -2.41. The highest BCUT2D eigenvalue weighted by Crippen LogP contribution is 2.36. The summed E-state index contributed by atoms with van der Waals surface area (Å²) in [5, 5.41) is -0.183. The maximum absolute atomic E-state index is 11.0. The second kappa shape index (κ2) is 5.30. The zero-order valence-corrected chi connectivity index (χ0v) is 11.3. The van der Waals surface area contributed by atoms with Gasteiger partial charge in [0.05, 0.1) is 6.10 Å². The standard InChI is InChI=1S/C11H19BrO3/c1-5-9-6(2)7(3)10(11(12)15-9)14-8(4)13/h6-7,9-11H,5H2,1-4H3/t6-,7-,9?,10?,11-/m0/s1. The SMILES string of the molecule is CCC1O[C@H](Br)C(OC(C)=O)[C@@H](C)[C@@H]1C. The van der Waals surface area contributed by atoms with Crippen LogP contribution in [0.2, 0.25) is 0 Å². The Labute approximate surface area is 99.6 Å². The fourth-order valence-electron chi connectivity index (χ4n) is 2.07. The van der Waals surface area contributed by atoms with Gasteiger partial charge in [-0.05, 0) is 12.3 Å². The molecule has 4 heteroatoms. The first-order valence-corrected chi connectivity index (χ1v) is 6.35. The molecular weight excluding hydrogens is 260 g/mol. The van der Waals surface area contributed by atoms with E-state index in [9.17, 15) is 4.79 Å². The van der Waals surface area contributed by atoms with Crippen LogP contribution >= 0.6 is 15.9 Å². The smallest absolute Gasteiger partial charge is 0.303 e. The van der Waals surface area contributed by atoms with E-state index in [1.165, 1.54) is 6.92 Å². The van der Waals surface area contributed by atoms with Crippen molar-refractivity contribution in [3.8, 4) is 0 Å². The third-order valence-electron chi connectivity index (χ3n) is 3.20. The molecule has 1 aliphatic rings. The van der Waals surface area contributed by atoms with Gasteiger partial charge in [-0.2, -0.15) is 0 Å². The number of alkyl halides is 1. The highest BCUT2D eigenvalue weighted by molar-refractivity contribution is 9.09. The molecule has 0 spiro atoms. The number of rotatable bonds is 2. The predicted octanol–water partition coefficient (Wildman–Crippen LogP) is 2.72. The number of hydrogen-bond donors (Lipinski definition) is 0. The predicted molar refractivity (Wildman–Crippen MR) is 61.8 cm³/mol. The van der Waals surface area contributed by atoms with E-state index in [1.807, 2.05) is 0 Å². The average Bonchev–Trinajstić information content (AvgIpc) is 2.18. The Balaban J connectivity index is 2.70. The monoisotopic (exact) mass is 278 g/mol. The van der Waals surface area contributed by atoms with Crippen LogP contribution in [0.5, 0.6) is 0 Å². The largest absolute Gasteiger partial charge is 0.459 e. The maximum atomic E-state index is 11.0. The number of carbonyl (C=O) groups excluding carboxylic acids is 1. The number of halogens is 1. The van der Waals surface area contributed by atoms with Gasteiger partial charge in [0.15, 0.2) is 0 Å². The Morgan fingerprint density at radius 2 is 2.00 bits per heavy atom. The zero-order valence-electron chi connectivity index (χ0n) is 9.70. The van der Waals surface area contributed by atoms with Gasteiger partial charge in [-0.1, -0.05) is 36.7 Å². The summed E-state index contributed by atoms with van der Waals surface area (Å²) in [6, 6.07) is 0. The van der Waals surface area contributed by atoms with Gasteiger partial charge in [0.25, 0.3) is 0 Å². The third kappa shape index (κ3) is 2.94. The summed E-state index contributed by atoms with van der Waals surface area (Å²) in [6.45, 7) is 7.80. The molecule has 1 heterocycles. The molecule has 2 unspecified atom stereocenters. The van der Waals surface area contributed by atoms with Crippen molar-refractivity contribution in [1.29, 1.82) is 0 Å². The second-order valence-electron chi connectivity index (χ2n) is 4.23. The van der Waals surface area contributed by atoms with Crippen molar-refractivity contribution in [3.05, 3.63) is 0 Å². The van der Waals surface area contributed by atoms with Crippen LogP contribution in [0.1, 0.15) is 34.1 Å². The van der Waals surface area contributed by atoms with Crippen molar-refractivity contribution < 1.29 is 14.3 Å². The first kappa shape index (κ1) is 13.0. The molecule has 0 aromatic rings. The zero-order chi connectivity index (χ0) is 11.6. The summed E-state index contributed by atoms with van der Waals surface area (Å²) in [4.78, 5) is 11.0. The molecule has 15 heavy (non-hydrogen) atoms. The van der Waals surface area contributed by atoms with Crippen LogP contribution in [0.15, 0.2) is 0 Å². The minimum Gasteiger partial charge on any atom is -0.459 e. The van der Waals surface area contributed by atoms with Gasteiger partial charge >= 0.3 is 5.97 Å². The minimum atomic E-state index is -0.248. The van der Waals surface area contributed by atoms with Gasteiger partial charge in [0.1, 0.15) is 11.1 Å². The molecule has 88 valence electrons. The van der Waals surface area contributed by atoms with Crippen molar-refractivity contribution in [2.24, 2.45) is 11.8 Å². The van der Waals surface area contributed by atoms with E-state index in [-0.39, 0.29) is 23.2 Å². The van der Waals surface area contributed by atoms with Crippen LogP contribution in [0.4, 0.5) is 0 Å². The molecule has 1 rings (SSSR count). The summed E-state index contributed by atoms with van der Waals surface area (Å²) >= 11 is 3.43. The van der Waals surface area contributed by atoms with E-state index < -0.39 is 0 Å². The molecule has 1 fully saturated rings. The molecule has 1 aliphatic heterocycles. The van der Waals surface area contributed by atoms with Gasteiger partial charge in [0, 0.05) is 12.8 Å². The molecule has 0 aromatic carbocycles. The van der Waals surface area contributed by atoms with Gasteiger partial charge in [-0.3, -0.25) is 4.79 Å². The molecule has 0 saturated carbocycles. The maximum Gasteiger partial charge on any atom is 0.303 e. The lowest BCUT2D eigenvalue weighted by molar-refractivity contribution is -0.175. The number of hydrogen-bond acceptors (Lipinski definition) is 3. The van der Waals surface area contributed by atoms with Crippen LogP contribution < -0.4 is 0 Å². The van der Waals surface area contributed by atoms with Crippen LogP contribution in [0, 0.1) is 11.8 Å². The van der Waals surface area contributed by atoms with Gasteiger partial charge in [-0.15, -0.1) is 0 Å². The van der Waals surface area contributed by atoms with Crippen LogP contribution in [-0.4, -0.2) is 23.2 Å². The molecule has 0 N–H and O–H groups in total. The normalized spacial score (nSPS) is 41.3. The fraction of sp³-hybridized carbons (Fsp3) is 0.909. The Morgan fingerprint density at radius 1 is 1.40 bits per heavy atom. The van der Waals surface area contributed by atoms with E-state index in [4.69, 9.17) is 9.47 Å². The lowest BCUT2D eigenvalue weighted by atomic mass is 9.83. The van der Waals surface area contributed by atoms with Crippen LogP contribution in [0.25, 0.3) is 0 Å². The molecule has 1 saturated heterocycles. The molecule has 0 bridgehead atoms. The van der Waals surface area contributed by atoms with E-state index in [0.717, 1.165) is 6.42 Å². The molecule has 3 nitrogen and oxygen atoms in total. The molecule has 0 aromatic heterocycles. The van der Waals surface area contributed by atoms with Gasteiger partial charge in [0.2, 0.25) is 0 Å². The van der Waals surface area contributed by atoms with Gasteiger partial charge in [-0.25, -0.2) is 0 Å². The van der Waals surface area contributed by atoms with Crippen molar-refractivity contribution in [3.63, 3.8) is 0 Å². The van der Waals surface area contributed by atoms with Crippen molar-refractivity contribution in [1.82, 2.24) is 0 Å². The number of carbonyl (C=O) groups is 1. The summed E-state index contributed by atoms with van der Waals surface area (Å²) in [5.41, 5.74) is 0. The highest BCUT2D eigenvalue weighted by atomic mass is 79.9. The number of esters is 1. The van der Waals surface area contributed by atoms with Crippen molar-refractivity contribution in [2.75, 3.05) is 0 Å². The lowest BCUT2D eigenvalue weighted by Crippen LogP contribution is -2.48. The molecule has 5 atom stereocenters. The molecule has 0 radical (unpaired) electrons. The van der Waals surface area contributed by atoms with Crippen molar-refractivity contribution >= 4 is 21.9 Å². The van der Waals surface area contributed by atoms with Crippen LogP contribution in [-0.2, 0) is 14.3 Å². The third-order valence-corrected chi connectivity index (χ3v) is 3.94. The summed E-state index contributed by atoms with van der Waals surface area (Å²) in [7, 11) is 0. The minimum absolute atomic E-state index is 0.180. The van der Waals surface area contributed by atoms with E-state index >= 15 is 0 Å². The highest BCUT2D eigenvalue weighted by Gasteiger charge is 2.41. The Kier molecular flexibility index (Phi) is 4.59. The second-order valence-corrected chi connectivity index (χ2v) is 5.13. The molecule has 0 aliphatic carbocycles.